The van der Waals surface area contributed by atoms with Gasteiger partial charge in [-0.15, -0.1) is 0 Å². The molecule has 1 saturated heterocycles. The van der Waals surface area contributed by atoms with Gasteiger partial charge in [-0.2, -0.15) is 4.31 Å². The summed E-state index contributed by atoms with van der Waals surface area (Å²) in [6.45, 7) is 3.12. The SMILES string of the molecule is CC1CN(c2ccc([N+](=O)[O-])cc2Cl)CCN1S(=O)(=O)Cc1ccccc1. The first-order valence-electron chi connectivity index (χ1n) is 8.50. The number of nitro groups is 1. The van der Waals surface area contributed by atoms with Crippen molar-refractivity contribution in [2.24, 2.45) is 0 Å². The van der Waals surface area contributed by atoms with Gasteiger partial charge in [-0.25, -0.2) is 8.42 Å². The largest absolute Gasteiger partial charge is 0.367 e. The number of non-ortho nitro benzene ring substituents is 1. The summed E-state index contributed by atoms with van der Waals surface area (Å²) < 4.78 is 27.1. The van der Waals surface area contributed by atoms with Gasteiger partial charge in [-0.1, -0.05) is 41.9 Å². The molecule has 144 valence electrons. The number of hydrogen-bond acceptors (Lipinski definition) is 5. The first-order valence-corrected chi connectivity index (χ1v) is 10.5. The molecule has 2 aromatic carbocycles. The van der Waals surface area contributed by atoms with Gasteiger partial charge in [-0.05, 0) is 18.6 Å². The van der Waals surface area contributed by atoms with Crippen LogP contribution in [-0.4, -0.2) is 43.3 Å². The van der Waals surface area contributed by atoms with Crippen LogP contribution in [0.5, 0.6) is 0 Å². The fourth-order valence-corrected chi connectivity index (χ4v) is 5.36. The predicted molar refractivity (Wildman–Crippen MR) is 106 cm³/mol. The smallest absolute Gasteiger partial charge is 0.271 e. The van der Waals surface area contributed by atoms with Gasteiger partial charge in [0.2, 0.25) is 10.0 Å². The van der Waals surface area contributed by atoms with Crippen LogP contribution in [-0.2, 0) is 15.8 Å². The molecule has 0 saturated carbocycles. The highest BCUT2D eigenvalue weighted by Crippen LogP contribution is 2.31. The average Bonchev–Trinajstić information content (AvgIpc) is 2.61. The zero-order chi connectivity index (χ0) is 19.6. The summed E-state index contributed by atoms with van der Waals surface area (Å²) in [6, 6.07) is 13.2. The van der Waals surface area contributed by atoms with Crippen LogP contribution in [0.1, 0.15) is 12.5 Å². The van der Waals surface area contributed by atoms with E-state index in [1.54, 1.807) is 18.2 Å². The van der Waals surface area contributed by atoms with Crippen molar-refractivity contribution >= 4 is 33.0 Å². The second-order valence-electron chi connectivity index (χ2n) is 6.54. The molecule has 1 heterocycles. The molecule has 1 unspecified atom stereocenters. The summed E-state index contributed by atoms with van der Waals surface area (Å²) in [4.78, 5) is 12.3. The third-order valence-corrected chi connectivity index (χ3v) is 6.86. The Morgan fingerprint density at radius 2 is 1.89 bits per heavy atom. The second-order valence-corrected chi connectivity index (χ2v) is 8.87. The second kappa shape index (κ2) is 7.84. The summed E-state index contributed by atoms with van der Waals surface area (Å²) in [7, 11) is -3.43. The Morgan fingerprint density at radius 3 is 2.48 bits per heavy atom. The number of nitro benzene ring substituents is 1. The standard InChI is InChI=1S/C18H20ClN3O4S/c1-14-12-20(18-8-7-16(22(23)24)11-17(18)19)9-10-21(14)27(25,26)13-15-5-3-2-4-6-15/h2-8,11,14H,9-10,12-13H2,1H3. The van der Waals surface area contributed by atoms with Crippen molar-refractivity contribution in [3.05, 3.63) is 69.2 Å². The minimum absolute atomic E-state index is 0.0313. The molecule has 7 nitrogen and oxygen atoms in total. The lowest BCUT2D eigenvalue weighted by molar-refractivity contribution is -0.384. The lowest BCUT2D eigenvalue weighted by Crippen LogP contribution is -2.54. The first-order chi connectivity index (χ1) is 12.8. The molecule has 9 heteroatoms. The molecule has 1 aliphatic rings. The molecule has 0 N–H and O–H groups in total. The maximum atomic E-state index is 12.8. The van der Waals surface area contributed by atoms with Crippen LogP contribution in [0, 0.1) is 10.1 Å². The lowest BCUT2D eigenvalue weighted by Gasteiger charge is -2.40. The van der Waals surface area contributed by atoms with Crippen LogP contribution in [0.3, 0.4) is 0 Å². The molecule has 0 aromatic heterocycles. The Morgan fingerprint density at radius 1 is 1.19 bits per heavy atom. The summed E-state index contributed by atoms with van der Waals surface area (Å²) in [5.41, 5.74) is 1.36. The highest BCUT2D eigenvalue weighted by Gasteiger charge is 2.33. The molecule has 0 radical (unpaired) electrons. The molecule has 0 amide bonds. The molecule has 0 bridgehead atoms. The van der Waals surface area contributed by atoms with Crippen molar-refractivity contribution in [1.29, 1.82) is 0 Å². The fourth-order valence-electron chi connectivity index (χ4n) is 3.31. The minimum Gasteiger partial charge on any atom is -0.367 e. The number of anilines is 1. The first kappa shape index (κ1) is 19.6. The monoisotopic (exact) mass is 409 g/mol. The van der Waals surface area contributed by atoms with Gasteiger partial charge in [-0.3, -0.25) is 10.1 Å². The molecule has 0 spiro atoms. The van der Waals surface area contributed by atoms with Crippen LogP contribution < -0.4 is 4.90 Å². The van der Waals surface area contributed by atoms with Gasteiger partial charge < -0.3 is 4.90 Å². The number of hydrogen-bond donors (Lipinski definition) is 0. The highest BCUT2D eigenvalue weighted by molar-refractivity contribution is 7.88. The highest BCUT2D eigenvalue weighted by atomic mass is 35.5. The molecule has 0 aliphatic carbocycles. The van der Waals surface area contributed by atoms with E-state index in [0.29, 0.717) is 25.3 Å². The summed E-state index contributed by atoms with van der Waals surface area (Å²) in [6.07, 6.45) is 0. The van der Waals surface area contributed by atoms with Crippen LogP contribution in [0.2, 0.25) is 5.02 Å². The number of sulfonamides is 1. The van der Waals surface area contributed by atoms with Crippen molar-refractivity contribution in [1.82, 2.24) is 4.31 Å². The molecule has 1 atom stereocenters. The molecule has 2 aromatic rings. The Hall–Kier alpha value is -2.16. The van der Waals surface area contributed by atoms with E-state index in [-0.39, 0.29) is 22.5 Å². The summed E-state index contributed by atoms with van der Waals surface area (Å²) in [5.74, 6) is -0.0313. The molecule has 1 aliphatic heterocycles. The van der Waals surface area contributed by atoms with E-state index in [1.165, 1.54) is 16.4 Å². The third-order valence-electron chi connectivity index (χ3n) is 4.60. The van der Waals surface area contributed by atoms with Crippen molar-refractivity contribution in [3.8, 4) is 0 Å². The molecule has 1 fully saturated rings. The van der Waals surface area contributed by atoms with E-state index in [9.17, 15) is 18.5 Å². The molecule has 3 rings (SSSR count). The van der Waals surface area contributed by atoms with Crippen molar-refractivity contribution in [3.63, 3.8) is 0 Å². The molecular formula is C18H20ClN3O4S. The minimum atomic E-state index is -3.43. The van der Waals surface area contributed by atoms with Crippen LogP contribution in [0.15, 0.2) is 48.5 Å². The van der Waals surface area contributed by atoms with Gasteiger partial charge in [0, 0.05) is 37.8 Å². The predicted octanol–water partition coefficient (Wildman–Crippen LogP) is 3.29. The van der Waals surface area contributed by atoms with E-state index in [1.807, 2.05) is 30.0 Å². The Labute approximate surface area is 163 Å². The molecular weight excluding hydrogens is 390 g/mol. The lowest BCUT2D eigenvalue weighted by atomic mass is 10.2. The van der Waals surface area contributed by atoms with Gasteiger partial charge in [0.25, 0.3) is 5.69 Å². The van der Waals surface area contributed by atoms with E-state index in [0.717, 1.165) is 5.56 Å². The summed E-state index contributed by atoms with van der Waals surface area (Å²) in [5, 5.41) is 11.1. The van der Waals surface area contributed by atoms with Crippen molar-refractivity contribution in [2.75, 3.05) is 24.5 Å². The van der Waals surface area contributed by atoms with E-state index in [2.05, 4.69) is 0 Å². The Bertz CT molecular complexity index is 937. The average molecular weight is 410 g/mol. The van der Waals surface area contributed by atoms with Crippen molar-refractivity contribution < 1.29 is 13.3 Å². The van der Waals surface area contributed by atoms with Crippen LogP contribution >= 0.6 is 11.6 Å². The van der Waals surface area contributed by atoms with Crippen LogP contribution in [0.4, 0.5) is 11.4 Å². The van der Waals surface area contributed by atoms with E-state index in [4.69, 9.17) is 11.6 Å². The zero-order valence-corrected chi connectivity index (χ0v) is 16.4. The maximum Gasteiger partial charge on any atom is 0.271 e. The van der Waals surface area contributed by atoms with Crippen LogP contribution in [0.25, 0.3) is 0 Å². The number of halogens is 1. The number of benzene rings is 2. The third kappa shape index (κ3) is 4.40. The molecule has 27 heavy (non-hydrogen) atoms. The van der Waals surface area contributed by atoms with Gasteiger partial charge in [0.15, 0.2) is 0 Å². The quantitative estimate of drug-likeness (QED) is 0.558. The summed E-state index contributed by atoms with van der Waals surface area (Å²) >= 11 is 6.21. The van der Waals surface area contributed by atoms with Crippen molar-refractivity contribution in [2.45, 2.75) is 18.7 Å². The fraction of sp³-hybridized carbons (Fsp3) is 0.333. The number of piperazine rings is 1. The Kier molecular flexibility index (Phi) is 5.69. The normalized spacial score (nSPS) is 18.4. The van der Waals surface area contributed by atoms with Gasteiger partial charge >= 0.3 is 0 Å². The van der Waals surface area contributed by atoms with Gasteiger partial charge in [0.05, 0.1) is 21.4 Å². The Balaban J connectivity index is 1.73. The maximum absolute atomic E-state index is 12.8. The topological polar surface area (TPSA) is 83.8 Å². The van der Waals surface area contributed by atoms with E-state index >= 15 is 0 Å². The number of rotatable bonds is 5. The van der Waals surface area contributed by atoms with Gasteiger partial charge in [0.1, 0.15) is 0 Å². The van der Waals surface area contributed by atoms with E-state index < -0.39 is 14.9 Å². The zero-order valence-electron chi connectivity index (χ0n) is 14.8. The number of nitrogens with zero attached hydrogens (tertiary/aromatic N) is 3.